The highest BCUT2D eigenvalue weighted by Gasteiger charge is 2.31. The number of thiazole rings is 1. The van der Waals surface area contributed by atoms with Crippen molar-refractivity contribution in [2.24, 2.45) is 0 Å². The molecule has 0 saturated heterocycles. The summed E-state index contributed by atoms with van der Waals surface area (Å²) in [5.74, 6) is -0.0383. The summed E-state index contributed by atoms with van der Waals surface area (Å²) in [6.07, 6.45) is 0. The van der Waals surface area contributed by atoms with Crippen molar-refractivity contribution in [2.75, 3.05) is 11.4 Å². The number of aryl methyl sites for hydroxylation is 1. The van der Waals surface area contributed by atoms with Crippen molar-refractivity contribution in [3.8, 4) is 11.3 Å². The Balaban J connectivity index is 1.64. The van der Waals surface area contributed by atoms with E-state index in [1.165, 1.54) is 23.5 Å². The van der Waals surface area contributed by atoms with Crippen LogP contribution in [-0.4, -0.2) is 22.5 Å². The summed E-state index contributed by atoms with van der Waals surface area (Å²) in [6, 6.07) is 11.6. The first-order valence-electron chi connectivity index (χ1n) is 8.20. The van der Waals surface area contributed by atoms with Gasteiger partial charge in [-0.05, 0) is 48.9 Å². The number of rotatable bonds is 3. The normalized spacial score (nSPS) is 14.3. The lowest BCUT2D eigenvalue weighted by molar-refractivity contribution is 0.411. The Hall–Kier alpha value is -2.70. The summed E-state index contributed by atoms with van der Waals surface area (Å²) in [6.45, 7) is 2.11. The number of benzene rings is 2. The molecule has 0 aliphatic carbocycles. The quantitative estimate of drug-likeness (QED) is 0.595. The van der Waals surface area contributed by atoms with Crippen molar-refractivity contribution in [3.05, 3.63) is 75.0 Å². The van der Waals surface area contributed by atoms with Gasteiger partial charge in [0.15, 0.2) is 0 Å². The van der Waals surface area contributed by atoms with Crippen molar-refractivity contribution in [2.45, 2.75) is 6.92 Å². The summed E-state index contributed by atoms with van der Waals surface area (Å²) in [7, 11) is 0. The number of hydrogen-bond donors (Lipinski definition) is 2. The molecule has 3 aromatic rings. The average molecular weight is 400 g/mol. The van der Waals surface area contributed by atoms with Gasteiger partial charge in [0.25, 0.3) is 0 Å². The van der Waals surface area contributed by atoms with E-state index in [9.17, 15) is 9.50 Å². The van der Waals surface area contributed by atoms with Gasteiger partial charge in [-0.25, -0.2) is 9.37 Å². The molecule has 1 aliphatic heterocycles. The molecular formula is C20H15ClFN3OS. The molecule has 0 radical (unpaired) electrons. The van der Waals surface area contributed by atoms with E-state index in [-0.39, 0.29) is 24.0 Å². The molecule has 136 valence electrons. The van der Waals surface area contributed by atoms with Crippen LogP contribution in [0.5, 0.6) is 0 Å². The van der Waals surface area contributed by atoms with E-state index in [0.717, 1.165) is 16.8 Å². The standard InChI is InChI=1S/C20H15ClFN3OS/c1-11-2-7-14(8-15(11)21)25-9-17(26)18(19(25)23)20-24-16(10-27-20)12-3-5-13(22)6-4-12/h2-8,10,23,26H,9H2,1H3. The van der Waals surface area contributed by atoms with E-state index in [1.807, 2.05) is 24.4 Å². The van der Waals surface area contributed by atoms with E-state index in [2.05, 4.69) is 4.98 Å². The largest absolute Gasteiger partial charge is 0.510 e. The van der Waals surface area contributed by atoms with Crippen molar-refractivity contribution in [1.29, 1.82) is 5.41 Å². The molecule has 4 rings (SSSR count). The second-order valence-corrected chi connectivity index (χ2v) is 7.50. The van der Waals surface area contributed by atoms with Crippen molar-refractivity contribution >= 4 is 40.0 Å². The van der Waals surface area contributed by atoms with E-state index >= 15 is 0 Å². The first kappa shape index (κ1) is 17.7. The molecule has 0 bridgehead atoms. The Morgan fingerprint density at radius 3 is 2.67 bits per heavy atom. The number of halogens is 2. The Kier molecular flexibility index (Phi) is 4.45. The number of aromatic nitrogens is 1. The van der Waals surface area contributed by atoms with Gasteiger partial charge < -0.3 is 10.0 Å². The minimum atomic E-state index is -0.306. The summed E-state index contributed by atoms with van der Waals surface area (Å²) in [4.78, 5) is 6.23. The second-order valence-electron chi connectivity index (χ2n) is 6.23. The fraction of sp³-hybridized carbons (Fsp3) is 0.100. The maximum absolute atomic E-state index is 13.1. The van der Waals surface area contributed by atoms with Crippen LogP contribution in [-0.2, 0) is 0 Å². The Bertz CT molecular complexity index is 1080. The van der Waals surface area contributed by atoms with Crippen LogP contribution in [0.4, 0.5) is 10.1 Å². The van der Waals surface area contributed by atoms with Gasteiger partial charge in [-0.3, -0.25) is 5.41 Å². The molecule has 0 unspecified atom stereocenters. The van der Waals surface area contributed by atoms with Gasteiger partial charge in [0.1, 0.15) is 22.4 Å². The van der Waals surface area contributed by atoms with Crippen molar-refractivity contribution < 1.29 is 9.50 Å². The van der Waals surface area contributed by atoms with Crippen LogP contribution in [0, 0.1) is 18.2 Å². The highest BCUT2D eigenvalue weighted by molar-refractivity contribution is 7.11. The van der Waals surface area contributed by atoms with Crippen LogP contribution in [0.2, 0.25) is 5.02 Å². The third-order valence-corrected chi connectivity index (χ3v) is 5.70. The monoisotopic (exact) mass is 399 g/mol. The van der Waals surface area contributed by atoms with Crippen LogP contribution in [0.15, 0.2) is 53.6 Å². The maximum atomic E-state index is 13.1. The lowest BCUT2D eigenvalue weighted by atomic mass is 10.2. The van der Waals surface area contributed by atoms with Crippen LogP contribution >= 0.6 is 22.9 Å². The van der Waals surface area contributed by atoms with Gasteiger partial charge in [-0.2, -0.15) is 0 Å². The van der Waals surface area contributed by atoms with Crippen LogP contribution in [0.1, 0.15) is 10.6 Å². The zero-order valence-corrected chi connectivity index (χ0v) is 15.9. The molecule has 2 N–H and O–H groups in total. The predicted octanol–water partition coefficient (Wildman–Crippen LogP) is 5.68. The number of aliphatic hydroxyl groups excluding tert-OH is 1. The number of nitrogens with zero attached hydrogens (tertiary/aromatic N) is 2. The summed E-state index contributed by atoms with van der Waals surface area (Å²) < 4.78 is 13.1. The molecule has 0 amide bonds. The van der Waals surface area contributed by atoms with Crippen LogP contribution in [0.3, 0.4) is 0 Å². The first-order chi connectivity index (χ1) is 12.9. The summed E-state index contributed by atoms with van der Waals surface area (Å²) in [5, 5.41) is 22.0. The molecule has 7 heteroatoms. The lowest BCUT2D eigenvalue weighted by Gasteiger charge is -2.19. The van der Waals surface area contributed by atoms with Gasteiger partial charge in [0.2, 0.25) is 0 Å². The second kappa shape index (κ2) is 6.79. The molecular weight excluding hydrogens is 385 g/mol. The van der Waals surface area contributed by atoms with Gasteiger partial charge >= 0.3 is 0 Å². The number of amidine groups is 1. The van der Waals surface area contributed by atoms with Crippen LogP contribution in [0.25, 0.3) is 16.8 Å². The summed E-state index contributed by atoms with van der Waals surface area (Å²) >= 11 is 7.54. The third-order valence-electron chi connectivity index (χ3n) is 4.43. The molecule has 0 atom stereocenters. The van der Waals surface area contributed by atoms with E-state index in [0.29, 0.717) is 21.3 Å². The predicted molar refractivity (Wildman–Crippen MR) is 108 cm³/mol. The Labute approximate surface area is 164 Å². The fourth-order valence-electron chi connectivity index (χ4n) is 2.92. The van der Waals surface area contributed by atoms with Gasteiger partial charge in [0.05, 0.1) is 17.8 Å². The van der Waals surface area contributed by atoms with E-state index in [4.69, 9.17) is 17.0 Å². The number of nitrogens with one attached hydrogen (secondary N) is 1. The molecule has 2 heterocycles. The molecule has 1 aromatic heterocycles. The molecule has 2 aromatic carbocycles. The number of anilines is 1. The summed E-state index contributed by atoms with van der Waals surface area (Å²) in [5.41, 5.74) is 3.57. The molecule has 4 nitrogen and oxygen atoms in total. The van der Waals surface area contributed by atoms with Gasteiger partial charge in [-0.1, -0.05) is 17.7 Å². The first-order valence-corrected chi connectivity index (χ1v) is 9.46. The highest BCUT2D eigenvalue weighted by Crippen LogP contribution is 2.35. The minimum absolute atomic E-state index is 0.0942. The van der Waals surface area contributed by atoms with Gasteiger partial charge in [-0.15, -0.1) is 11.3 Å². The van der Waals surface area contributed by atoms with Gasteiger partial charge in [0, 0.05) is 21.7 Å². The zero-order chi connectivity index (χ0) is 19.1. The third kappa shape index (κ3) is 3.22. The molecule has 0 spiro atoms. The number of hydrogen-bond acceptors (Lipinski definition) is 4. The van der Waals surface area contributed by atoms with E-state index < -0.39 is 0 Å². The van der Waals surface area contributed by atoms with Crippen molar-refractivity contribution in [3.63, 3.8) is 0 Å². The number of aliphatic hydroxyl groups is 1. The molecule has 0 fully saturated rings. The highest BCUT2D eigenvalue weighted by atomic mass is 35.5. The Morgan fingerprint density at radius 1 is 1.22 bits per heavy atom. The maximum Gasteiger partial charge on any atom is 0.139 e. The van der Waals surface area contributed by atoms with Crippen molar-refractivity contribution in [1.82, 2.24) is 4.98 Å². The molecule has 27 heavy (non-hydrogen) atoms. The van der Waals surface area contributed by atoms with Crippen LogP contribution < -0.4 is 4.90 Å². The topological polar surface area (TPSA) is 60.2 Å². The zero-order valence-electron chi connectivity index (χ0n) is 14.3. The molecule has 1 aliphatic rings. The molecule has 0 saturated carbocycles. The smallest absolute Gasteiger partial charge is 0.139 e. The lowest BCUT2D eigenvalue weighted by Crippen LogP contribution is -2.26. The fourth-order valence-corrected chi connectivity index (χ4v) is 3.99. The Morgan fingerprint density at radius 2 is 1.96 bits per heavy atom. The SMILES string of the molecule is Cc1ccc(N2CC(O)=C(c3nc(-c4ccc(F)cc4)cs3)C2=N)cc1Cl. The van der Waals surface area contributed by atoms with E-state index in [1.54, 1.807) is 23.1 Å². The minimum Gasteiger partial charge on any atom is -0.510 e. The average Bonchev–Trinajstić information content (AvgIpc) is 3.22.